The lowest BCUT2D eigenvalue weighted by molar-refractivity contribution is 0.541. The van der Waals surface area contributed by atoms with Crippen molar-refractivity contribution in [2.45, 2.75) is 12.1 Å². The number of allylic oxidation sites excluding steroid dienone is 2. The summed E-state index contributed by atoms with van der Waals surface area (Å²) in [7, 11) is 0. The van der Waals surface area contributed by atoms with Gasteiger partial charge in [0.1, 0.15) is 0 Å². The van der Waals surface area contributed by atoms with Gasteiger partial charge in [0.05, 0.1) is 5.66 Å². The summed E-state index contributed by atoms with van der Waals surface area (Å²) in [5, 5.41) is 0. The second-order valence-electron chi connectivity index (χ2n) is 3.93. The third-order valence-electron chi connectivity index (χ3n) is 2.49. The van der Waals surface area contributed by atoms with Gasteiger partial charge in [-0.25, -0.2) is 0 Å². The van der Waals surface area contributed by atoms with E-state index in [9.17, 15) is 0 Å². The van der Waals surface area contributed by atoms with Crippen LogP contribution in [-0.2, 0) is 0 Å². The van der Waals surface area contributed by atoms with Gasteiger partial charge in [0, 0.05) is 17.7 Å². The highest BCUT2D eigenvalue weighted by molar-refractivity contribution is 5.77. The molecule has 15 heavy (non-hydrogen) atoms. The molecule has 0 atom stereocenters. The summed E-state index contributed by atoms with van der Waals surface area (Å²) in [6.45, 7) is 0. The van der Waals surface area contributed by atoms with Crippen molar-refractivity contribution in [3.05, 3.63) is 53.7 Å². The average molecular weight is 201 g/mol. The van der Waals surface area contributed by atoms with Crippen LogP contribution in [0.5, 0.6) is 0 Å². The minimum atomic E-state index is -0.803. The molecule has 6 N–H and O–H groups in total. The van der Waals surface area contributed by atoms with Crippen molar-refractivity contribution in [3.8, 4) is 0 Å². The second-order valence-corrected chi connectivity index (χ2v) is 3.93. The molecule has 0 bridgehead atoms. The van der Waals surface area contributed by atoms with E-state index < -0.39 is 5.66 Å². The van der Waals surface area contributed by atoms with Gasteiger partial charge in [0.15, 0.2) is 0 Å². The van der Waals surface area contributed by atoms with Gasteiger partial charge in [0.2, 0.25) is 0 Å². The monoisotopic (exact) mass is 201 g/mol. The Labute approximate surface area is 89.3 Å². The van der Waals surface area contributed by atoms with E-state index in [4.69, 9.17) is 17.2 Å². The van der Waals surface area contributed by atoms with Gasteiger partial charge in [-0.05, 0) is 11.6 Å². The Kier molecular flexibility index (Phi) is 2.34. The van der Waals surface area contributed by atoms with Gasteiger partial charge in [-0.1, -0.05) is 36.4 Å². The molecule has 0 heterocycles. The largest absolute Gasteiger partial charge is 0.401 e. The maximum Gasteiger partial charge on any atom is 0.0887 e. The van der Waals surface area contributed by atoms with Crippen LogP contribution in [0.2, 0.25) is 0 Å². The molecule has 78 valence electrons. The van der Waals surface area contributed by atoms with Crippen LogP contribution in [0.1, 0.15) is 12.0 Å². The van der Waals surface area contributed by atoms with Gasteiger partial charge < -0.3 is 17.2 Å². The summed E-state index contributed by atoms with van der Waals surface area (Å²) in [6, 6.07) is 9.98. The van der Waals surface area contributed by atoms with Crippen LogP contribution in [0, 0.1) is 0 Å². The van der Waals surface area contributed by atoms with Crippen molar-refractivity contribution in [1.29, 1.82) is 0 Å². The number of hydrogen-bond acceptors (Lipinski definition) is 3. The van der Waals surface area contributed by atoms with Crippen LogP contribution < -0.4 is 17.2 Å². The molecule has 2 rings (SSSR count). The normalized spacial score (nSPS) is 19.3. The fourth-order valence-electron chi connectivity index (χ4n) is 1.73. The minimum absolute atomic E-state index is 0.494. The summed E-state index contributed by atoms with van der Waals surface area (Å²) in [6.07, 6.45) is 4.19. The highest BCUT2D eigenvalue weighted by Crippen LogP contribution is 2.26. The summed E-state index contributed by atoms with van der Waals surface area (Å²) in [5.41, 5.74) is 19.6. The first-order valence-electron chi connectivity index (χ1n) is 4.89. The van der Waals surface area contributed by atoms with Crippen LogP contribution in [-0.4, -0.2) is 5.66 Å². The highest BCUT2D eigenvalue weighted by atomic mass is 15.0. The van der Waals surface area contributed by atoms with Crippen LogP contribution in [0.15, 0.2) is 48.2 Å². The topological polar surface area (TPSA) is 78.1 Å². The number of nitrogens with two attached hydrogens (primary N) is 3. The first kappa shape index (κ1) is 9.96. The van der Waals surface area contributed by atoms with Crippen molar-refractivity contribution < 1.29 is 0 Å². The van der Waals surface area contributed by atoms with Crippen LogP contribution >= 0.6 is 0 Å². The molecule has 0 fully saturated rings. The van der Waals surface area contributed by atoms with E-state index in [1.165, 1.54) is 0 Å². The summed E-state index contributed by atoms with van der Waals surface area (Å²) in [4.78, 5) is 0. The molecule has 1 aliphatic carbocycles. The molecule has 0 spiro atoms. The van der Waals surface area contributed by atoms with E-state index in [0.29, 0.717) is 6.42 Å². The Morgan fingerprint density at radius 3 is 2.33 bits per heavy atom. The molecule has 0 saturated heterocycles. The van der Waals surface area contributed by atoms with Gasteiger partial charge in [-0.3, -0.25) is 0 Å². The quantitative estimate of drug-likeness (QED) is 0.591. The standard InChI is InChI=1S/C12H15N3/c13-11-8-12(14,15)7-6-10(11)9-4-2-1-3-5-9/h1-7H,8,13-15H2. The molecule has 1 aromatic rings. The molecule has 3 nitrogen and oxygen atoms in total. The van der Waals surface area contributed by atoms with E-state index in [2.05, 4.69) is 0 Å². The predicted molar refractivity (Wildman–Crippen MR) is 62.4 cm³/mol. The molecule has 1 aromatic carbocycles. The first-order valence-corrected chi connectivity index (χ1v) is 4.89. The molecule has 0 aliphatic heterocycles. The van der Waals surface area contributed by atoms with E-state index >= 15 is 0 Å². The van der Waals surface area contributed by atoms with Crippen molar-refractivity contribution in [2.24, 2.45) is 17.2 Å². The molecular formula is C12H15N3. The van der Waals surface area contributed by atoms with E-state index in [-0.39, 0.29) is 0 Å². The predicted octanol–water partition coefficient (Wildman–Crippen LogP) is 0.930. The Morgan fingerprint density at radius 2 is 1.73 bits per heavy atom. The van der Waals surface area contributed by atoms with Crippen molar-refractivity contribution in [3.63, 3.8) is 0 Å². The lowest BCUT2D eigenvalue weighted by atomic mass is 9.91. The third-order valence-corrected chi connectivity index (χ3v) is 2.49. The molecule has 0 aromatic heterocycles. The highest BCUT2D eigenvalue weighted by Gasteiger charge is 2.22. The first-order chi connectivity index (χ1) is 7.08. The Bertz CT molecular complexity index is 416. The zero-order valence-corrected chi connectivity index (χ0v) is 8.48. The number of hydrogen-bond donors (Lipinski definition) is 3. The molecule has 0 radical (unpaired) electrons. The minimum Gasteiger partial charge on any atom is -0.401 e. The van der Waals surface area contributed by atoms with Gasteiger partial charge in [-0.2, -0.15) is 0 Å². The van der Waals surface area contributed by atoms with Crippen molar-refractivity contribution in [2.75, 3.05) is 0 Å². The summed E-state index contributed by atoms with van der Waals surface area (Å²) < 4.78 is 0. The number of benzene rings is 1. The number of rotatable bonds is 1. The molecule has 0 amide bonds. The Hall–Kier alpha value is -1.58. The maximum atomic E-state index is 5.96. The van der Waals surface area contributed by atoms with Gasteiger partial charge in [-0.15, -0.1) is 0 Å². The van der Waals surface area contributed by atoms with Gasteiger partial charge in [0.25, 0.3) is 0 Å². The van der Waals surface area contributed by atoms with Crippen molar-refractivity contribution in [1.82, 2.24) is 0 Å². The molecule has 1 aliphatic rings. The van der Waals surface area contributed by atoms with E-state index in [1.54, 1.807) is 6.08 Å². The molecular weight excluding hydrogens is 186 g/mol. The van der Waals surface area contributed by atoms with Crippen LogP contribution in [0.4, 0.5) is 0 Å². The average Bonchev–Trinajstić information content (AvgIpc) is 2.17. The third kappa shape index (κ3) is 2.09. The van der Waals surface area contributed by atoms with E-state index in [1.807, 2.05) is 36.4 Å². The van der Waals surface area contributed by atoms with Crippen molar-refractivity contribution >= 4 is 5.57 Å². The Balaban J connectivity index is 2.37. The summed E-state index contributed by atoms with van der Waals surface area (Å²) in [5.74, 6) is 0. The Morgan fingerprint density at radius 1 is 1.07 bits per heavy atom. The lowest BCUT2D eigenvalue weighted by Gasteiger charge is -2.26. The smallest absolute Gasteiger partial charge is 0.0887 e. The lowest BCUT2D eigenvalue weighted by Crippen LogP contribution is -2.49. The second kappa shape index (κ2) is 3.53. The maximum absolute atomic E-state index is 5.96. The zero-order valence-electron chi connectivity index (χ0n) is 8.48. The van der Waals surface area contributed by atoms with E-state index in [0.717, 1.165) is 16.8 Å². The zero-order chi connectivity index (χ0) is 10.9. The van der Waals surface area contributed by atoms with Gasteiger partial charge >= 0.3 is 0 Å². The molecule has 3 heteroatoms. The van der Waals surface area contributed by atoms with Crippen LogP contribution in [0.3, 0.4) is 0 Å². The fourth-order valence-corrected chi connectivity index (χ4v) is 1.73. The molecule has 0 saturated carbocycles. The molecule has 0 unspecified atom stereocenters. The van der Waals surface area contributed by atoms with Crippen LogP contribution in [0.25, 0.3) is 5.57 Å². The fraction of sp³-hybridized carbons (Fsp3) is 0.167. The summed E-state index contributed by atoms with van der Waals surface area (Å²) >= 11 is 0. The SMILES string of the molecule is NC1=C(c2ccccc2)C=CC(N)(N)C1.